The molecule has 0 radical (unpaired) electrons. The van der Waals surface area contributed by atoms with E-state index >= 15 is 0 Å². The normalized spacial score (nSPS) is 15.8. The molecule has 26 heavy (non-hydrogen) atoms. The van der Waals surface area contributed by atoms with E-state index in [4.69, 9.17) is 23.2 Å². The number of hydrogen-bond acceptors (Lipinski definition) is 3. The molecule has 4 nitrogen and oxygen atoms in total. The predicted molar refractivity (Wildman–Crippen MR) is 108 cm³/mol. The maximum absolute atomic E-state index is 12.3. The van der Waals surface area contributed by atoms with E-state index in [2.05, 4.69) is 46.3 Å². The number of rotatable bonds is 5. The van der Waals surface area contributed by atoms with Crippen molar-refractivity contribution in [3.63, 3.8) is 0 Å². The summed E-state index contributed by atoms with van der Waals surface area (Å²) in [6, 6.07) is 13.7. The molecule has 0 atom stereocenters. The van der Waals surface area contributed by atoms with Crippen molar-refractivity contribution >= 4 is 34.8 Å². The summed E-state index contributed by atoms with van der Waals surface area (Å²) in [6.45, 7) is 7.12. The summed E-state index contributed by atoms with van der Waals surface area (Å²) >= 11 is 12.0. The van der Waals surface area contributed by atoms with Crippen LogP contribution in [0.5, 0.6) is 0 Å². The second kappa shape index (κ2) is 8.87. The number of anilines is 1. The minimum Gasteiger partial charge on any atom is -0.324 e. The molecular formula is C20H23Cl2N3O. The van der Waals surface area contributed by atoms with Gasteiger partial charge in [0.1, 0.15) is 0 Å². The van der Waals surface area contributed by atoms with E-state index in [9.17, 15) is 4.79 Å². The van der Waals surface area contributed by atoms with Crippen molar-refractivity contribution in [2.45, 2.75) is 13.5 Å². The largest absolute Gasteiger partial charge is 0.324 e. The molecule has 1 fully saturated rings. The molecule has 0 bridgehead atoms. The predicted octanol–water partition coefficient (Wildman–Crippen LogP) is 4.06. The molecule has 0 spiro atoms. The molecule has 1 aliphatic rings. The van der Waals surface area contributed by atoms with Crippen molar-refractivity contribution in [1.29, 1.82) is 0 Å². The molecule has 138 valence electrons. The average molecular weight is 392 g/mol. The van der Waals surface area contributed by atoms with E-state index in [1.54, 1.807) is 18.2 Å². The lowest BCUT2D eigenvalue weighted by atomic mass is 10.1. The van der Waals surface area contributed by atoms with Gasteiger partial charge in [-0.05, 0) is 30.7 Å². The van der Waals surface area contributed by atoms with Gasteiger partial charge in [-0.1, -0.05) is 53.0 Å². The molecule has 1 N–H and O–H groups in total. The van der Waals surface area contributed by atoms with Gasteiger partial charge in [0, 0.05) is 37.7 Å². The molecule has 0 unspecified atom stereocenters. The quantitative estimate of drug-likeness (QED) is 0.834. The highest BCUT2D eigenvalue weighted by Gasteiger charge is 2.19. The molecule has 2 aromatic carbocycles. The van der Waals surface area contributed by atoms with Crippen LogP contribution in [0.25, 0.3) is 0 Å². The van der Waals surface area contributed by atoms with Crippen LogP contribution in [0.4, 0.5) is 5.69 Å². The van der Waals surface area contributed by atoms with Crippen molar-refractivity contribution in [2.24, 2.45) is 0 Å². The topological polar surface area (TPSA) is 35.6 Å². The monoisotopic (exact) mass is 391 g/mol. The highest BCUT2D eigenvalue weighted by atomic mass is 35.5. The first-order chi connectivity index (χ1) is 12.5. The van der Waals surface area contributed by atoms with Gasteiger partial charge in [-0.3, -0.25) is 14.6 Å². The molecule has 3 rings (SSSR count). The molecule has 6 heteroatoms. The van der Waals surface area contributed by atoms with Crippen LogP contribution in [0.15, 0.2) is 42.5 Å². The zero-order chi connectivity index (χ0) is 18.5. The van der Waals surface area contributed by atoms with Crippen molar-refractivity contribution in [3.05, 3.63) is 63.6 Å². The molecule has 2 aromatic rings. The van der Waals surface area contributed by atoms with Gasteiger partial charge in [-0.25, -0.2) is 0 Å². The van der Waals surface area contributed by atoms with Gasteiger partial charge in [0.15, 0.2) is 0 Å². The zero-order valence-electron chi connectivity index (χ0n) is 14.8. The fraction of sp³-hybridized carbons (Fsp3) is 0.350. The lowest BCUT2D eigenvalue weighted by Crippen LogP contribution is -2.48. The summed E-state index contributed by atoms with van der Waals surface area (Å²) in [7, 11) is 0. The van der Waals surface area contributed by atoms with Crippen molar-refractivity contribution in [2.75, 3.05) is 38.0 Å². The number of nitrogens with one attached hydrogen (secondary N) is 1. The number of hydrogen-bond donors (Lipinski definition) is 1. The number of piperazine rings is 1. The first kappa shape index (κ1) is 19.2. The highest BCUT2D eigenvalue weighted by Crippen LogP contribution is 2.25. The van der Waals surface area contributed by atoms with E-state index in [1.807, 2.05) is 0 Å². The summed E-state index contributed by atoms with van der Waals surface area (Å²) in [5.74, 6) is -0.0544. The van der Waals surface area contributed by atoms with Crippen molar-refractivity contribution in [3.8, 4) is 0 Å². The molecule has 1 aliphatic heterocycles. The van der Waals surface area contributed by atoms with Crippen LogP contribution in [0.3, 0.4) is 0 Å². The van der Waals surface area contributed by atoms with Gasteiger partial charge in [-0.15, -0.1) is 0 Å². The number of amides is 1. The van der Waals surface area contributed by atoms with E-state index in [0.717, 1.165) is 32.7 Å². The van der Waals surface area contributed by atoms with Crippen LogP contribution in [-0.4, -0.2) is 48.4 Å². The minimum atomic E-state index is -0.0544. The molecule has 0 saturated carbocycles. The molecular weight excluding hydrogens is 369 g/mol. The Kier molecular flexibility index (Phi) is 6.54. The van der Waals surface area contributed by atoms with Crippen molar-refractivity contribution < 1.29 is 4.79 Å². The van der Waals surface area contributed by atoms with Crippen LogP contribution in [0.2, 0.25) is 10.0 Å². The summed E-state index contributed by atoms with van der Waals surface area (Å²) in [4.78, 5) is 16.9. The van der Waals surface area contributed by atoms with Crippen LogP contribution < -0.4 is 5.32 Å². The van der Waals surface area contributed by atoms with Gasteiger partial charge in [0.25, 0.3) is 0 Å². The van der Waals surface area contributed by atoms with Crippen LogP contribution in [0, 0.1) is 6.92 Å². The Morgan fingerprint density at radius 1 is 1.00 bits per heavy atom. The van der Waals surface area contributed by atoms with Crippen LogP contribution in [-0.2, 0) is 11.3 Å². The molecule has 0 aliphatic carbocycles. The van der Waals surface area contributed by atoms with E-state index in [-0.39, 0.29) is 5.91 Å². The van der Waals surface area contributed by atoms with E-state index < -0.39 is 0 Å². The van der Waals surface area contributed by atoms with E-state index in [0.29, 0.717) is 22.3 Å². The highest BCUT2D eigenvalue weighted by molar-refractivity contribution is 6.36. The number of carbonyl (C=O) groups is 1. The standard InChI is InChI=1S/C20H23Cl2N3O/c1-15-2-4-16(5-3-15)13-24-8-10-25(11-9-24)14-20(26)23-19-7-6-17(21)12-18(19)22/h2-7,12H,8-11,13-14H2,1H3,(H,23,26). The van der Waals surface area contributed by atoms with E-state index in [1.165, 1.54) is 11.1 Å². The lowest BCUT2D eigenvalue weighted by molar-refractivity contribution is -0.117. The van der Waals surface area contributed by atoms with Crippen molar-refractivity contribution in [1.82, 2.24) is 9.80 Å². The number of carbonyl (C=O) groups excluding carboxylic acids is 1. The summed E-state index contributed by atoms with van der Waals surface area (Å²) in [6.07, 6.45) is 0. The zero-order valence-corrected chi connectivity index (χ0v) is 16.4. The molecule has 0 aromatic heterocycles. The lowest BCUT2D eigenvalue weighted by Gasteiger charge is -2.34. The Labute approximate surface area is 164 Å². The maximum atomic E-state index is 12.3. The molecule has 1 heterocycles. The van der Waals surface area contributed by atoms with Gasteiger partial charge in [0.2, 0.25) is 5.91 Å². The number of aryl methyl sites for hydroxylation is 1. The van der Waals surface area contributed by atoms with Gasteiger partial charge >= 0.3 is 0 Å². The number of nitrogens with zero attached hydrogens (tertiary/aromatic N) is 2. The Bertz CT molecular complexity index is 756. The van der Waals surface area contributed by atoms with Gasteiger partial charge < -0.3 is 5.32 Å². The third kappa shape index (κ3) is 5.45. The Balaban J connectivity index is 1.44. The molecule has 1 saturated heterocycles. The average Bonchev–Trinajstić information content (AvgIpc) is 2.61. The fourth-order valence-electron chi connectivity index (χ4n) is 3.04. The number of benzene rings is 2. The summed E-state index contributed by atoms with van der Waals surface area (Å²) in [5.41, 5.74) is 3.21. The fourth-order valence-corrected chi connectivity index (χ4v) is 3.50. The second-order valence-corrected chi connectivity index (χ2v) is 7.55. The second-order valence-electron chi connectivity index (χ2n) is 6.71. The van der Waals surface area contributed by atoms with Crippen LogP contribution >= 0.6 is 23.2 Å². The Morgan fingerprint density at radius 2 is 1.65 bits per heavy atom. The first-order valence-electron chi connectivity index (χ1n) is 8.75. The van der Waals surface area contributed by atoms with Gasteiger partial charge in [0.05, 0.1) is 17.3 Å². The Morgan fingerprint density at radius 3 is 2.31 bits per heavy atom. The Hall–Kier alpha value is -1.59. The molecule has 1 amide bonds. The SMILES string of the molecule is Cc1ccc(CN2CCN(CC(=O)Nc3ccc(Cl)cc3Cl)CC2)cc1. The third-order valence-corrected chi connectivity index (χ3v) is 5.11. The van der Waals surface area contributed by atoms with Gasteiger partial charge in [-0.2, -0.15) is 0 Å². The first-order valence-corrected chi connectivity index (χ1v) is 9.50. The smallest absolute Gasteiger partial charge is 0.238 e. The van der Waals surface area contributed by atoms with Crippen LogP contribution in [0.1, 0.15) is 11.1 Å². The minimum absolute atomic E-state index is 0.0544. The summed E-state index contributed by atoms with van der Waals surface area (Å²) < 4.78 is 0. The maximum Gasteiger partial charge on any atom is 0.238 e. The number of halogens is 2. The summed E-state index contributed by atoms with van der Waals surface area (Å²) in [5, 5.41) is 3.86. The third-order valence-electron chi connectivity index (χ3n) is 4.56.